The molecule has 1 amide bonds. The number of piperidine rings is 1. The molecule has 2 rings (SSSR count). The van der Waals surface area contributed by atoms with Crippen LogP contribution in [-0.4, -0.2) is 80.9 Å². The average molecular weight is 472 g/mol. The van der Waals surface area contributed by atoms with Gasteiger partial charge in [-0.25, -0.2) is 8.42 Å². The number of nitrogens with zero attached hydrogens (tertiary/aromatic N) is 3. The van der Waals surface area contributed by atoms with Crippen LogP contribution in [0.4, 0.5) is 5.69 Å². The molecule has 0 saturated carbocycles. The quantitative estimate of drug-likeness (QED) is 0.283. The van der Waals surface area contributed by atoms with Gasteiger partial charge in [-0.2, -0.15) is 4.31 Å². The van der Waals surface area contributed by atoms with Gasteiger partial charge in [-0.15, -0.1) is 0 Å². The molecule has 11 nitrogen and oxygen atoms in total. The van der Waals surface area contributed by atoms with Gasteiger partial charge in [-0.3, -0.25) is 19.7 Å². The Bertz CT molecular complexity index is 942. The van der Waals surface area contributed by atoms with Crippen molar-refractivity contribution in [3.8, 4) is 0 Å². The van der Waals surface area contributed by atoms with Gasteiger partial charge in [-0.05, 0) is 32.3 Å². The van der Waals surface area contributed by atoms with Crippen LogP contribution >= 0.6 is 0 Å². The van der Waals surface area contributed by atoms with E-state index in [1.807, 2.05) is 0 Å². The number of carbonyl (C=O) groups excluding carboxylic acids is 2. The van der Waals surface area contributed by atoms with Crippen molar-refractivity contribution in [3.05, 3.63) is 33.9 Å². The Labute approximate surface area is 187 Å². The lowest BCUT2D eigenvalue weighted by Gasteiger charge is -2.33. The summed E-state index contributed by atoms with van der Waals surface area (Å²) in [4.78, 5) is 36.5. The number of methoxy groups -OCH3 is 1. The number of nitro benzene ring substituents is 1. The van der Waals surface area contributed by atoms with Crippen LogP contribution in [0, 0.1) is 23.0 Å². The standard InChI is InChI=1S/C20H29N3O8S/c1-4-31-19(24)14-21(11-12-30-3)20(25)16-7-9-22(10-8-16)32(28,29)18-13-17(23(26)27)6-5-15(18)2/h5-6,13,16H,4,7-12,14H2,1-3H3. The molecule has 0 spiro atoms. The molecule has 0 aromatic heterocycles. The van der Waals surface area contributed by atoms with E-state index in [-0.39, 0.29) is 68.7 Å². The fraction of sp³-hybridized carbons (Fsp3) is 0.600. The molecule has 0 aliphatic carbocycles. The first-order chi connectivity index (χ1) is 15.1. The van der Waals surface area contributed by atoms with Crippen LogP contribution in [0.1, 0.15) is 25.3 Å². The molecule has 1 saturated heterocycles. The number of nitro groups is 1. The lowest BCUT2D eigenvalue weighted by Crippen LogP contribution is -2.46. The van der Waals surface area contributed by atoms with E-state index in [2.05, 4.69) is 0 Å². The summed E-state index contributed by atoms with van der Waals surface area (Å²) in [6, 6.07) is 3.73. The molecule has 32 heavy (non-hydrogen) atoms. The first-order valence-corrected chi connectivity index (χ1v) is 11.7. The second-order valence-corrected chi connectivity index (χ2v) is 9.35. The number of aryl methyl sites for hydroxylation is 1. The molecule has 1 aliphatic heterocycles. The molecule has 0 N–H and O–H groups in total. The normalized spacial score (nSPS) is 15.3. The van der Waals surface area contributed by atoms with Crippen LogP contribution in [0.15, 0.2) is 23.1 Å². The van der Waals surface area contributed by atoms with Crippen LogP contribution in [0.2, 0.25) is 0 Å². The zero-order valence-electron chi connectivity index (χ0n) is 18.5. The summed E-state index contributed by atoms with van der Waals surface area (Å²) in [6.07, 6.45) is 0.552. The fourth-order valence-electron chi connectivity index (χ4n) is 3.55. The van der Waals surface area contributed by atoms with Crippen molar-refractivity contribution in [2.75, 3.05) is 46.5 Å². The van der Waals surface area contributed by atoms with Gasteiger partial charge in [0.25, 0.3) is 5.69 Å². The Morgan fingerprint density at radius 1 is 1.28 bits per heavy atom. The number of amides is 1. The summed E-state index contributed by atoms with van der Waals surface area (Å²) >= 11 is 0. The van der Waals surface area contributed by atoms with E-state index in [4.69, 9.17) is 9.47 Å². The molecule has 0 atom stereocenters. The maximum atomic E-state index is 13.1. The zero-order valence-corrected chi connectivity index (χ0v) is 19.3. The van der Waals surface area contributed by atoms with Crippen LogP contribution in [0.3, 0.4) is 0 Å². The highest BCUT2D eigenvalue weighted by atomic mass is 32.2. The number of rotatable bonds is 10. The molecular formula is C20H29N3O8S. The van der Waals surface area contributed by atoms with E-state index in [1.165, 1.54) is 28.4 Å². The van der Waals surface area contributed by atoms with E-state index in [0.29, 0.717) is 5.56 Å². The maximum Gasteiger partial charge on any atom is 0.325 e. The van der Waals surface area contributed by atoms with Crippen molar-refractivity contribution >= 4 is 27.6 Å². The minimum absolute atomic E-state index is 0.0956. The van der Waals surface area contributed by atoms with Crippen LogP contribution in [-0.2, 0) is 29.1 Å². The third-order valence-corrected chi connectivity index (χ3v) is 7.35. The topological polar surface area (TPSA) is 136 Å². The van der Waals surface area contributed by atoms with Crippen molar-refractivity contribution in [1.82, 2.24) is 9.21 Å². The van der Waals surface area contributed by atoms with Gasteiger partial charge in [0.1, 0.15) is 6.54 Å². The van der Waals surface area contributed by atoms with E-state index in [1.54, 1.807) is 13.8 Å². The monoisotopic (exact) mass is 471 g/mol. The molecule has 0 bridgehead atoms. The van der Waals surface area contributed by atoms with Gasteiger partial charge >= 0.3 is 5.97 Å². The molecule has 178 valence electrons. The first kappa shape index (κ1) is 25.7. The highest BCUT2D eigenvalue weighted by Crippen LogP contribution is 2.29. The maximum absolute atomic E-state index is 13.1. The number of non-ortho nitro benzene ring substituents is 1. The lowest BCUT2D eigenvalue weighted by molar-refractivity contribution is -0.385. The Hall–Kier alpha value is -2.57. The van der Waals surface area contributed by atoms with E-state index < -0.39 is 26.8 Å². The average Bonchev–Trinajstić information content (AvgIpc) is 2.76. The molecule has 12 heteroatoms. The summed E-state index contributed by atoms with van der Waals surface area (Å²) in [7, 11) is -2.46. The number of hydrogen-bond donors (Lipinski definition) is 0. The Morgan fingerprint density at radius 3 is 2.50 bits per heavy atom. The molecule has 1 fully saturated rings. The van der Waals surface area contributed by atoms with Gasteiger partial charge in [0.15, 0.2) is 0 Å². The number of sulfonamides is 1. The number of carbonyl (C=O) groups is 2. The Kier molecular flexibility index (Phi) is 9.10. The molecule has 0 radical (unpaired) electrons. The minimum atomic E-state index is -3.95. The van der Waals surface area contributed by atoms with Gasteiger partial charge in [0.2, 0.25) is 15.9 Å². The predicted octanol–water partition coefficient (Wildman–Crippen LogP) is 1.34. The second kappa shape index (κ2) is 11.3. The van der Waals surface area contributed by atoms with E-state index in [9.17, 15) is 28.1 Å². The number of benzene rings is 1. The number of hydrogen-bond acceptors (Lipinski definition) is 8. The second-order valence-electron chi connectivity index (χ2n) is 7.44. The summed E-state index contributed by atoms with van der Waals surface area (Å²) < 4.78 is 37.4. The summed E-state index contributed by atoms with van der Waals surface area (Å²) in [5.41, 5.74) is 0.112. The number of esters is 1. The van der Waals surface area contributed by atoms with Crippen LogP contribution in [0.5, 0.6) is 0 Å². The van der Waals surface area contributed by atoms with Crippen molar-refractivity contribution < 1.29 is 32.4 Å². The molecule has 1 heterocycles. The molecular weight excluding hydrogens is 442 g/mol. The molecule has 0 unspecified atom stereocenters. The SMILES string of the molecule is CCOC(=O)CN(CCOC)C(=O)C1CCN(S(=O)(=O)c2cc([N+](=O)[O-])ccc2C)CC1. The summed E-state index contributed by atoms with van der Waals surface area (Å²) in [6.45, 7) is 3.94. The minimum Gasteiger partial charge on any atom is -0.465 e. The van der Waals surface area contributed by atoms with Gasteiger partial charge in [0, 0.05) is 44.8 Å². The highest BCUT2D eigenvalue weighted by molar-refractivity contribution is 7.89. The predicted molar refractivity (Wildman–Crippen MR) is 114 cm³/mol. The largest absolute Gasteiger partial charge is 0.465 e. The third kappa shape index (κ3) is 6.24. The van der Waals surface area contributed by atoms with Crippen molar-refractivity contribution in [2.24, 2.45) is 5.92 Å². The third-order valence-electron chi connectivity index (χ3n) is 5.31. The molecule has 1 aromatic rings. The van der Waals surface area contributed by atoms with Crippen molar-refractivity contribution in [3.63, 3.8) is 0 Å². The fourth-order valence-corrected chi connectivity index (χ4v) is 5.27. The smallest absolute Gasteiger partial charge is 0.325 e. The van der Waals surface area contributed by atoms with Crippen molar-refractivity contribution in [2.45, 2.75) is 31.6 Å². The lowest BCUT2D eigenvalue weighted by atomic mass is 9.96. The first-order valence-electron chi connectivity index (χ1n) is 10.3. The zero-order chi connectivity index (χ0) is 23.9. The van der Waals surface area contributed by atoms with Gasteiger partial charge in [0.05, 0.1) is 23.0 Å². The Morgan fingerprint density at radius 2 is 1.94 bits per heavy atom. The molecule has 1 aromatic carbocycles. The van der Waals surface area contributed by atoms with Crippen LogP contribution < -0.4 is 0 Å². The Balaban J connectivity index is 2.10. The van der Waals surface area contributed by atoms with Crippen LogP contribution in [0.25, 0.3) is 0 Å². The number of ether oxygens (including phenoxy) is 2. The van der Waals surface area contributed by atoms with Gasteiger partial charge < -0.3 is 14.4 Å². The van der Waals surface area contributed by atoms with E-state index >= 15 is 0 Å². The molecule has 1 aliphatic rings. The highest BCUT2D eigenvalue weighted by Gasteiger charge is 2.35. The summed E-state index contributed by atoms with van der Waals surface area (Å²) in [5.74, 6) is -1.21. The van der Waals surface area contributed by atoms with E-state index in [0.717, 1.165) is 6.07 Å². The van der Waals surface area contributed by atoms with Crippen molar-refractivity contribution in [1.29, 1.82) is 0 Å². The summed E-state index contributed by atoms with van der Waals surface area (Å²) in [5, 5.41) is 11.1. The van der Waals surface area contributed by atoms with Gasteiger partial charge in [-0.1, -0.05) is 6.07 Å².